The van der Waals surface area contributed by atoms with Crippen LogP contribution in [0.5, 0.6) is 5.75 Å². The molecule has 3 unspecified atom stereocenters. The second kappa shape index (κ2) is 7.65. The van der Waals surface area contributed by atoms with Crippen molar-refractivity contribution >= 4 is 0 Å². The third-order valence-electron chi connectivity index (χ3n) is 3.73. The first-order valence-corrected chi connectivity index (χ1v) is 7.57. The molecule has 0 aliphatic heterocycles. The highest BCUT2D eigenvalue weighted by atomic mass is 16.5. The highest BCUT2D eigenvalue weighted by Crippen LogP contribution is 2.31. The van der Waals surface area contributed by atoms with E-state index in [0.29, 0.717) is 18.9 Å². The van der Waals surface area contributed by atoms with Crippen molar-refractivity contribution in [3.63, 3.8) is 0 Å². The average Bonchev–Trinajstić information content (AvgIpc) is 2.38. The van der Waals surface area contributed by atoms with Crippen LogP contribution in [0.15, 0.2) is 18.2 Å². The summed E-state index contributed by atoms with van der Waals surface area (Å²) >= 11 is 0. The molecule has 3 N–H and O–H groups in total. The van der Waals surface area contributed by atoms with Crippen LogP contribution in [-0.4, -0.2) is 23.9 Å². The lowest BCUT2D eigenvalue weighted by Crippen LogP contribution is -2.32. The van der Waals surface area contributed by atoms with E-state index in [4.69, 9.17) is 10.5 Å². The van der Waals surface area contributed by atoms with Crippen LogP contribution in [0.3, 0.4) is 0 Å². The van der Waals surface area contributed by atoms with Crippen molar-refractivity contribution in [3.05, 3.63) is 29.3 Å². The molecular formula is C17H29NO2. The maximum absolute atomic E-state index is 9.93. The highest BCUT2D eigenvalue weighted by molar-refractivity contribution is 5.40. The normalized spacial score (nSPS) is 16.0. The predicted octanol–water partition coefficient (Wildman–Crippen LogP) is 3.41. The molecule has 0 heterocycles. The molecule has 3 atom stereocenters. The summed E-state index contributed by atoms with van der Waals surface area (Å²) in [6.07, 6.45) is 0.225. The maximum Gasteiger partial charge on any atom is 0.122 e. The van der Waals surface area contributed by atoms with Gasteiger partial charge < -0.3 is 15.6 Å². The van der Waals surface area contributed by atoms with Gasteiger partial charge in [0.25, 0.3) is 0 Å². The van der Waals surface area contributed by atoms with Crippen LogP contribution in [0.1, 0.15) is 64.0 Å². The summed E-state index contributed by atoms with van der Waals surface area (Å²) in [7, 11) is 0. The van der Waals surface area contributed by atoms with E-state index in [2.05, 4.69) is 32.9 Å². The molecule has 0 radical (unpaired) electrons. The minimum absolute atomic E-state index is 0.190. The summed E-state index contributed by atoms with van der Waals surface area (Å²) in [5, 5.41) is 9.93. The lowest BCUT2D eigenvalue weighted by Gasteiger charge is -2.21. The van der Waals surface area contributed by atoms with Gasteiger partial charge in [-0.15, -0.1) is 0 Å². The summed E-state index contributed by atoms with van der Waals surface area (Å²) in [6.45, 7) is 11.0. The van der Waals surface area contributed by atoms with Crippen LogP contribution >= 0.6 is 0 Å². The average molecular weight is 279 g/mol. The summed E-state index contributed by atoms with van der Waals surface area (Å²) in [5.74, 6) is 1.66. The van der Waals surface area contributed by atoms with Crippen molar-refractivity contribution in [2.24, 2.45) is 5.73 Å². The Balaban J connectivity index is 2.93. The molecule has 0 amide bonds. The molecular weight excluding hydrogens is 250 g/mol. The third-order valence-corrected chi connectivity index (χ3v) is 3.73. The number of aliphatic hydroxyl groups excluding tert-OH is 1. The molecule has 1 aromatic rings. The van der Waals surface area contributed by atoms with Gasteiger partial charge in [0.15, 0.2) is 0 Å². The number of benzene rings is 1. The quantitative estimate of drug-likeness (QED) is 0.804. The first-order chi connectivity index (χ1) is 9.36. The van der Waals surface area contributed by atoms with Gasteiger partial charge in [0.1, 0.15) is 5.75 Å². The Morgan fingerprint density at radius 1 is 1.20 bits per heavy atom. The molecule has 0 aliphatic rings. The largest absolute Gasteiger partial charge is 0.494 e. The third kappa shape index (κ3) is 4.50. The lowest BCUT2D eigenvalue weighted by atomic mass is 9.89. The Hall–Kier alpha value is -1.06. The van der Waals surface area contributed by atoms with Gasteiger partial charge in [-0.05, 0) is 49.3 Å². The minimum Gasteiger partial charge on any atom is -0.494 e. The molecule has 20 heavy (non-hydrogen) atoms. The topological polar surface area (TPSA) is 55.5 Å². The van der Waals surface area contributed by atoms with Crippen molar-refractivity contribution in [2.75, 3.05) is 6.61 Å². The van der Waals surface area contributed by atoms with Gasteiger partial charge in [0.2, 0.25) is 0 Å². The second-order valence-corrected chi connectivity index (χ2v) is 5.95. The minimum atomic E-state index is -0.459. The van der Waals surface area contributed by atoms with E-state index in [1.807, 2.05) is 19.9 Å². The fraction of sp³-hybridized carbons (Fsp3) is 0.647. The monoisotopic (exact) mass is 279 g/mol. The van der Waals surface area contributed by atoms with E-state index in [1.165, 1.54) is 11.1 Å². The molecule has 0 fully saturated rings. The standard InChI is InChI=1S/C17H29NO2/c1-6-20-17-8-7-14(10-15(17)11(2)3)12(4)9-16(19)13(5)18/h7-8,10-13,16,19H,6,9,18H2,1-5H3. The van der Waals surface area contributed by atoms with E-state index >= 15 is 0 Å². The molecule has 114 valence electrons. The molecule has 0 saturated carbocycles. The Kier molecular flexibility index (Phi) is 6.50. The van der Waals surface area contributed by atoms with Crippen LogP contribution < -0.4 is 10.5 Å². The Labute approximate surface area is 123 Å². The van der Waals surface area contributed by atoms with Crippen LogP contribution in [0, 0.1) is 0 Å². The summed E-state index contributed by atoms with van der Waals surface area (Å²) in [4.78, 5) is 0. The van der Waals surface area contributed by atoms with Gasteiger partial charge in [0, 0.05) is 6.04 Å². The summed E-state index contributed by atoms with van der Waals surface area (Å²) < 4.78 is 5.68. The smallest absolute Gasteiger partial charge is 0.122 e. The molecule has 1 aromatic carbocycles. The summed E-state index contributed by atoms with van der Waals surface area (Å²) in [5.41, 5.74) is 8.20. The predicted molar refractivity (Wildman–Crippen MR) is 84.4 cm³/mol. The first kappa shape index (κ1) is 17.0. The molecule has 0 spiro atoms. The molecule has 0 saturated heterocycles. The number of aliphatic hydroxyl groups is 1. The number of hydrogen-bond donors (Lipinski definition) is 2. The van der Waals surface area contributed by atoms with Crippen LogP contribution in [0.4, 0.5) is 0 Å². The van der Waals surface area contributed by atoms with Crippen LogP contribution in [-0.2, 0) is 0 Å². The molecule has 3 heteroatoms. The molecule has 1 rings (SSSR count). The lowest BCUT2D eigenvalue weighted by molar-refractivity contribution is 0.134. The van der Waals surface area contributed by atoms with E-state index in [9.17, 15) is 5.11 Å². The molecule has 0 aliphatic carbocycles. The Bertz CT molecular complexity index is 415. The van der Waals surface area contributed by atoms with Crippen LogP contribution in [0.2, 0.25) is 0 Å². The number of hydrogen-bond acceptors (Lipinski definition) is 3. The Morgan fingerprint density at radius 2 is 1.85 bits per heavy atom. The number of nitrogens with two attached hydrogens (primary N) is 1. The van der Waals surface area contributed by atoms with Gasteiger partial charge in [-0.2, -0.15) is 0 Å². The number of rotatable bonds is 7. The molecule has 0 aromatic heterocycles. The van der Waals surface area contributed by atoms with Crippen molar-refractivity contribution in [1.29, 1.82) is 0 Å². The van der Waals surface area contributed by atoms with E-state index < -0.39 is 6.10 Å². The fourth-order valence-electron chi connectivity index (χ4n) is 2.32. The van der Waals surface area contributed by atoms with Gasteiger partial charge in [0.05, 0.1) is 12.7 Å². The fourth-order valence-corrected chi connectivity index (χ4v) is 2.32. The van der Waals surface area contributed by atoms with Crippen molar-refractivity contribution in [1.82, 2.24) is 0 Å². The van der Waals surface area contributed by atoms with E-state index in [-0.39, 0.29) is 12.0 Å². The van der Waals surface area contributed by atoms with Crippen molar-refractivity contribution in [2.45, 2.75) is 65.0 Å². The van der Waals surface area contributed by atoms with Crippen molar-refractivity contribution < 1.29 is 9.84 Å². The maximum atomic E-state index is 9.93. The van der Waals surface area contributed by atoms with Crippen LogP contribution in [0.25, 0.3) is 0 Å². The number of ether oxygens (including phenoxy) is 1. The van der Waals surface area contributed by atoms with Gasteiger partial charge in [-0.1, -0.05) is 32.9 Å². The van der Waals surface area contributed by atoms with E-state index in [1.54, 1.807) is 0 Å². The van der Waals surface area contributed by atoms with Gasteiger partial charge in [-0.3, -0.25) is 0 Å². The second-order valence-electron chi connectivity index (χ2n) is 5.95. The van der Waals surface area contributed by atoms with Gasteiger partial charge in [-0.25, -0.2) is 0 Å². The summed E-state index contributed by atoms with van der Waals surface area (Å²) in [6, 6.07) is 6.15. The zero-order valence-corrected chi connectivity index (χ0v) is 13.4. The zero-order valence-electron chi connectivity index (χ0n) is 13.4. The molecule has 0 bridgehead atoms. The highest BCUT2D eigenvalue weighted by Gasteiger charge is 2.17. The molecule has 3 nitrogen and oxygen atoms in total. The van der Waals surface area contributed by atoms with E-state index in [0.717, 1.165) is 5.75 Å². The Morgan fingerprint density at radius 3 is 2.35 bits per heavy atom. The van der Waals surface area contributed by atoms with Crippen molar-refractivity contribution in [3.8, 4) is 5.75 Å². The SMILES string of the molecule is CCOc1ccc(C(C)CC(O)C(C)N)cc1C(C)C. The zero-order chi connectivity index (χ0) is 15.3. The van der Waals surface area contributed by atoms with Gasteiger partial charge >= 0.3 is 0 Å². The first-order valence-electron chi connectivity index (χ1n) is 7.57.